The molecule has 3 aromatic rings. The Labute approximate surface area is 157 Å². The third-order valence-corrected chi connectivity index (χ3v) is 5.15. The Balaban J connectivity index is 1.60. The van der Waals surface area contributed by atoms with Crippen molar-refractivity contribution >= 4 is 45.6 Å². The highest BCUT2D eigenvalue weighted by molar-refractivity contribution is 14.1. The first-order valence-electron chi connectivity index (χ1n) is 8.00. The zero-order valence-electron chi connectivity index (χ0n) is 13.3. The van der Waals surface area contributed by atoms with Gasteiger partial charge in [-0.05, 0) is 66.1 Å². The molecule has 9 heteroatoms. The number of amides is 1. The molecule has 0 unspecified atom stereocenters. The lowest BCUT2D eigenvalue weighted by atomic mass is 10.1. The Bertz CT molecular complexity index is 924. The summed E-state index contributed by atoms with van der Waals surface area (Å²) in [4.78, 5) is 20.2. The summed E-state index contributed by atoms with van der Waals surface area (Å²) in [6.07, 6.45) is 4.05. The molecular formula is C16H16IN7O. The number of nitrogens with two attached hydrogens (primary N) is 1. The molecule has 2 aromatic heterocycles. The summed E-state index contributed by atoms with van der Waals surface area (Å²) in [5, 5.41) is 11.6. The summed E-state index contributed by atoms with van der Waals surface area (Å²) in [7, 11) is 0. The number of halogens is 1. The zero-order chi connectivity index (χ0) is 17.4. The first-order chi connectivity index (χ1) is 12.1. The number of rotatable bonds is 4. The third-order valence-electron chi connectivity index (χ3n) is 4.43. The number of nitrogens with one attached hydrogen (secondary N) is 1. The molecule has 1 aliphatic carbocycles. The van der Waals surface area contributed by atoms with Crippen molar-refractivity contribution in [2.45, 2.75) is 25.3 Å². The first-order valence-corrected chi connectivity index (χ1v) is 9.08. The van der Waals surface area contributed by atoms with Crippen LogP contribution >= 0.6 is 22.6 Å². The Hall–Kier alpha value is -2.30. The van der Waals surface area contributed by atoms with Crippen molar-refractivity contribution in [3.05, 3.63) is 34.0 Å². The van der Waals surface area contributed by atoms with E-state index >= 15 is 0 Å². The van der Waals surface area contributed by atoms with E-state index in [1.807, 2.05) is 24.3 Å². The van der Waals surface area contributed by atoms with E-state index in [0.29, 0.717) is 23.5 Å². The van der Waals surface area contributed by atoms with Gasteiger partial charge in [0.15, 0.2) is 11.2 Å². The molecule has 2 heterocycles. The van der Waals surface area contributed by atoms with E-state index in [1.54, 1.807) is 10.9 Å². The van der Waals surface area contributed by atoms with Crippen LogP contribution in [0.1, 0.15) is 19.3 Å². The molecule has 25 heavy (non-hydrogen) atoms. The minimum Gasteiger partial charge on any atom is -0.369 e. The molecule has 0 bridgehead atoms. The van der Waals surface area contributed by atoms with Crippen LogP contribution < -0.4 is 11.1 Å². The summed E-state index contributed by atoms with van der Waals surface area (Å²) < 4.78 is 2.84. The van der Waals surface area contributed by atoms with Crippen molar-refractivity contribution < 1.29 is 4.79 Å². The lowest BCUT2D eigenvalue weighted by Gasteiger charge is -2.12. The molecular weight excluding hydrogens is 433 g/mol. The maximum atomic E-state index is 11.3. The van der Waals surface area contributed by atoms with Gasteiger partial charge in [0, 0.05) is 15.5 Å². The minimum absolute atomic E-state index is 0.0692. The molecule has 3 N–H and O–H groups in total. The highest BCUT2D eigenvalue weighted by Gasteiger charge is 2.28. The monoisotopic (exact) mass is 449 g/mol. The molecule has 1 fully saturated rings. The van der Waals surface area contributed by atoms with Crippen LogP contribution in [0.3, 0.4) is 0 Å². The van der Waals surface area contributed by atoms with Crippen LogP contribution in [0.25, 0.3) is 16.9 Å². The maximum Gasteiger partial charge on any atom is 0.225 e. The van der Waals surface area contributed by atoms with Crippen molar-refractivity contribution in [2.24, 2.45) is 11.7 Å². The number of carbonyl (C=O) groups is 1. The second-order valence-corrected chi connectivity index (χ2v) is 7.38. The van der Waals surface area contributed by atoms with Gasteiger partial charge < -0.3 is 11.1 Å². The Morgan fingerprint density at radius 3 is 2.80 bits per heavy atom. The van der Waals surface area contributed by atoms with Crippen LogP contribution in [0.4, 0.5) is 5.95 Å². The lowest BCUT2D eigenvalue weighted by Crippen LogP contribution is -2.23. The number of anilines is 1. The number of primary amides is 1. The van der Waals surface area contributed by atoms with Crippen LogP contribution in [0.5, 0.6) is 0 Å². The van der Waals surface area contributed by atoms with Crippen LogP contribution in [0.2, 0.25) is 0 Å². The fourth-order valence-electron chi connectivity index (χ4n) is 3.11. The normalized spacial score (nSPS) is 20.0. The topological polar surface area (TPSA) is 112 Å². The standard InChI is InChI=1S/C16H16IN7O/c17-10-2-5-12(6-3-10)24-15-13(22-23-24)8-19-16(21-15)20-11-4-1-9(7-11)14(18)25/h2-3,5-6,8-9,11H,1,4,7H2,(H2,18,25)(H,19,20,21)/t9-,11+/m0/s1. The molecule has 128 valence electrons. The molecule has 2 atom stereocenters. The maximum absolute atomic E-state index is 11.3. The SMILES string of the molecule is NC(=O)[C@H]1CC[C@@H](Nc2ncc3nnn(-c4ccc(I)cc4)c3n2)C1. The van der Waals surface area contributed by atoms with E-state index in [1.165, 1.54) is 0 Å². The van der Waals surface area contributed by atoms with Gasteiger partial charge in [-0.25, -0.2) is 4.98 Å². The van der Waals surface area contributed by atoms with E-state index in [9.17, 15) is 4.79 Å². The Morgan fingerprint density at radius 1 is 1.28 bits per heavy atom. The van der Waals surface area contributed by atoms with Gasteiger partial charge >= 0.3 is 0 Å². The number of nitrogens with zero attached hydrogens (tertiary/aromatic N) is 5. The summed E-state index contributed by atoms with van der Waals surface area (Å²) in [6.45, 7) is 0. The number of benzene rings is 1. The van der Waals surface area contributed by atoms with Crippen LogP contribution in [0, 0.1) is 9.49 Å². The summed E-state index contributed by atoms with van der Waals surface area (Å²) in [6, 6.07) is 8.11. The van der Waals surface area contributed by atoms with Gasteiger partial charge in [-0.2, -0.15) is 9.67 Å². The van der Waals surface area contributed by atoms with E-state index in [0.717, 1.165) is 22.1 Å². The van der Waals surface area contributed by atoms with Gasteiger partial charge in [-0.3, -0.25) is 4.79 Å². The smallest absolute Gasteiger partial charge is 0.225 e. The van der Waals surface area contributed by atoms with Gasteiger partial charge in [0.25, 0.3) is 0 Å². The van der Waals surface area contributed by atoms with Crippen molar-refractivity contribution in [1.82, 2.24) is 25.0 Å². The van der Waals surface area contributed by atoms with E-state index in [2.05, 4.69) is 48.2 Å². The highest BCUT2D eigenvalue weighted by Crippen LogP contribution is 2.27. The molecule has 1 amide bonds. The van der Waals surface area contributed by atoms with Gasteiger partial charge in [0.1, 0.15) is 0 Å². The van der Waals surface area contributed by atoms with E-state index in [4.69, 9.17) is 5.73 Å². The van der Waals surface area contributed by atoms with Crippen molar-refractivity contribution in [3.8, 4) is 5.69 Å². The lowest BCUT2D eigenvalue weighted by molar-refractivity contribution is -0.121. The molecule has 1 aliphatic rings. The molecule has 8 nitrogen and oxygen atoms in total. The molecule has 4 rings (SSSR count). The van der Waals surface area contributed by atoms with Crippen LogP contribution in [-0.4, -0.2) is 36.9 Å². The number of hydrogen-bond donors (Lipinski definition) is 2. The fourth-order valence-corrected chi connectivity index (χ4v) is 3.47. The molecule has 0 radical (unpaired) electrons. The van der Waals surface area contributed by atoms with Gasteiger partial charge in [-0.1, -0.05) is 5.21 Å². The number of hydrogen-bond acceptors (Lipinski definition) is 6. The summed E-state index contributed by atoms with van der Waals surface area (Å²) in [5.74, 6) is 0.207. The fraction of sp³-hybridized carbons (Fsp3) is 0.312. The third kappa shape index (κ3) is 3.28. The molecule has 1 aromatic carbocycles. The highest BCUT2D eigenvalue weighted by atomic mass is 127. The van der Waals surface area contributed by atoms with Crippen molar-refractivity contribution in [2.75, 3.05) is 5.32 Å². The second kappa shape index (κ2) is 6.54. The minimum atomic E-state index is -0.235. The second-order valence-electron chi connectivity index (χ2n) is 6.13. The van der Waals surface area contributed by atoms with E-state index < -0.39 is 0 Å². The summed E-state index contributed by atoms with van der Waals surface area (Å²) >= 11 is 2.26. The molecule has 0 spiro atoms. The first kappa shape index (κ1) is 16.2. The van der Waals surface area contributed by atoms with Crippen LogP contribution in [-0.2, 0) is 4.79 Å². The van der Waals surface area contributed by atoms with Crippen molar-refractivity contribution in [3.63, 3.8) is 0 Å². The van der Waals surface area contributed by atoms with Crippen molar-refractivity contribution in [1.29, 1.82) is 0 Å². The molecule has 0 saturated heterocycles. The quantitative estimate of drug-likeness (QED) is 0.589. The van der Waals surface area contributed by atoms with E-state index in [-0.39, 0.29) is 17.9 Å². The predicted molar refractivity (Wildman–Crippen MR) is 101 cm³/mol. The average molecular weight is 449 g/mol. The number of aromatic nitrogens is 5. The number of carbonyl (C=O) groups excluding carboxylic acids is 1. The largest absolute Gasteiger partial charge is 0.369 e. The molecule has 0 aliphatic heterocycles. The predicted octanol–water partition coefficient (Wildman–Crippen LogP) is 1.88. The van der Waals surface area contributed by atoms with Gasteiger partial charge in [-0.15, -0.1) is 5.10 Å². The average Bonchev–Trinajstić information content (AvgIpc) is 3.22. The zero-order valence-corrected chi connectivity index (χ0v) is 15.4. The van der Waals surface area contributed by atoms with Gasteiger partial charge in [0.05, 0.1) is 11.9 Å². The van der Waals surface area contributed by atoms with Gasteiger partial charge in [0.2, 0.25) is 11.9 Å². The Morgan fingerprint density at radius 2 is 2.08 bits per heavy atom. The molecule has 1 saturated carbocycles. The Kier molecular flexibility index (Phi) is 4.24. The van der Waals surface area contributed by atoms with Crippen LogP contribution in [0.15, 0.2) is 30.5 Å². The number of fused-ring (bicyclic) bond motifs is 1. The summed E-state index contributed by atoms with van der Waals surface area (Å²) in [5.41, 5.74) is 7.55.